The standard InChI is InChI=1S/C27H29N3O4/c1-32-25(31)23-19(26(33-2)34-3)13-22-27(20-11-7-8-12-21(20)29-24(23)27)14-18(15-28)30(22)16-17-9-5-4-6-10-17/h4-12,18-19,22,26,29H,13-14,16H2,1-3H3/t18-,19+,22-,27+/m0/s1. The van der Waals surface area contributed by atoms with Crippen molar-refractivity contribution in [2.45, 2.75) is 43.2 Å². The Morgan fingerprint density at radius 3 is 2.53 bits per heavy atom. The Hall–Kier alpha value is -3.18. The minimum atomic E-state index is -0.621. The average molecular weight is 460 g/mol. The van der Waals surface area contributed by atoms with Gasteiger partial charge in [0.05, 0.1) is 30.2 Å². The summed E-state index contributed by atoms with van der Waals surface area (Å²) in [4.78, 5) is 15.5. The lowest BCUT2D eigenvalue weighted by molar-refractivity contribution is -0.150. The van der Waals surface area contributed by atoms with Crippen molar-refractivity contribution in [3.05, 3.63) is 77.0 Å². The van der Waals surface area contributed by atoms with Crippen LogP contribution in [0.1, 0.15) is 24.0 Å². The van der Waals surface area contributed by atoms with Gasteiger partial charge < -0.3 is 19.5 Å². The molecular weight excluding hydrogens is 430 g/mol. The summed E-state index contributed by atoms with van der Waals surface area (Å²) < 4.78 is 16.6. The smallest absolute Gasteiger partial charge is 0.336 e. The number of carbonyl (C=O) groups is 1. The van der Waals surface area contributed by atoms with Crippen LogP contribution in [-0.4, -0.2) is 50.6 Å². The van der Waals surface area contributed by atoms with Crippen LogP contribution in [0.5, 0.6) is 0 Å². The Balaban J connectivity index is 1.72. The summed E-state index contributed by atoms with van der Waals surface area (Å²) >= 11 is 0. The number of rotatable bonds is 6. The molecule has 34 heavy (non-hydrogen) atoms. The van der Waals surface area contributed by atoms with Gasteiger partial charge in [-0.2, -0.15) is 5.26 Å². The molecule has 2 heterocycles. The SMILES string of the molecule is COC(=O)C1=C2Nc3ccccc3[C@@]23C[C@@H](C#N)N(Cc2ccccc2)[C@H]3C[C@H]1C(OC)OC. The van der Waals surface area contributed by atoms with E-state index in [1.165, 1.54) is 7.11 Å². The van der Waals surface area contributed by atoms with Crippen molar-refractivity contribution >= 4 is 11.7 Å². The number of nitrogens with zero attached hydrogens (tertiary/aromatic N) is 2. The maximum Gasteiger partial charge on any atom is 0.336 e. The largest absolute Gasteiger partial charge is 0.466 e. The zero-order valence-corrected chi connectivity index (χ0v) is 19.7. The van der Waals surface area contributed by atoms with E-state index >= 15 is 0 Å². The molecule has 0 amide bonds. The Morgan fingerprint density at radius 1 is 1.15 bits per heavy atom. The minimum absolute atomic E-state index is 0.0327. The van der Waals surface area contributed by atoms with Crippen LogP contribution in [0.4, 0.5) is 5.69 Å². The lowest BCUT2D eigenvalue weighted by Gasteiger charge is -2.45. The highest BCUT2D eigenvalue weighted by molar-refractivity contribution is 5.93. The zero-order chi connectivity index (χ0) is 23.9. The van der Waals surface area contributed by atoms with Gasteiger partial charge in [-0.05, 0) is 30.0 Å². The summed E-state index contributed by atoms with van der Waals surface area (Å²) in [5, 5.41) is 13.8. The van der Waals surface area contributed by atoms with Gasteiger partial charge in [0.2, 0.25) is 0 Å². The van der Waals surface area contributed by atoms with E-state index in [4.69, 9.17) is 14.2 Å². The van der Waals surface area contributed by atoms with Crippen molar-refractivity contribution in [3.63, 3.8) is 0 Å². The fourth-order valence-electron chi connectivity index (χ4n) is 6.34. The molecule has 0 unspecified atom stereocenters. The first-order chi connectivity index (χ1) is 16.6. The van der Waals surface area contributed by atoms with Crippen LogP contribution in [0, 0.1) is 17.2 Å². The first-order valence-electron chi connectivity index (χ1n) is 11.5. The van der Waals surface area contributed by atoms with Crippen LogP contribution in [0.25, 0.3) is 0 Å². The lowest BCUT2D eigenvalue weighted by atomic mass is 9.64. The molecule has 3 aliphatic rings. The number of likely N-dealkylation sites (tertiary alicyclic amines) is 1. The number of anilines is 1. The van der Waals surface area contributed by atoms with E-state index in [2.05, 4.69) is 34.5 Å². The van der Waals surface area contributed by atoms with Gasteiger partial charge in [0.1, 0.15) is 0 Å². The highest BCUT2D eigenvalue weighted by Gasteiger charge is 2.63. The number of benzene rings is 2. The van der Waals surface area contributed by atoms with Crippen LogP contribution in [0.3, 0.4) is 0 Å². The van der Waals surface area contributed by atoms with Crippen molar-refractivity contribution in [1.82, 2.24) is 4.90 Å². The maximum absolute atomic E-state index is 13.2. The topological polar surface area (TPSA) is 83.8 Å². The van der Waals surface area contributed by atoms with E-state index in [-0.39, 0.29) is 18.0 Å². The van der Waals surface area contributed by atoms with E-state index in [9.17, 15) is 10.1 Å². The molecule has 0 bridgehead atoms. The van der Waals surface area contributed by atoms with Crippen molar-refractivity contribution in [2.75, 3.05) is 26.6 Å². The first kappa shape index (κ1) is 22.6. The molecule has 176 valence electrons. The van der Waals surface area contributed by atoms with Crippen molar-refractivity contribution in [2.24, 2.45) is 5.92 Å². The van der Waals surface area contributed by atoms with E-state index in [0.29, 0.717) is 25.0 Å². The molecule has 7 nitrogen and oxygen atoms in total. The van der Waals surface area contributed by atoms with E-state index in [0.717, 1.165) is 22.5 Å². The number of carbonyl (C=O) groups excluding carboxylic acids is 1. The molecule has 1 saturated heterocycles. The van der Waals surface area contributed by atoms with Crippen LogP contribution in [0.15, 0.2) is 65.9 Å². The van der Waals surface area contributed by atoms with Crippen molar-refractivity contribution < 1.29 is 19.0 Å². The maximum atomic E-state index is 13.2. The number of ether oxygens (including phenoxy) is 3. The molecule has 1 spiro atoms. The third-order valence-corrected chi connectivity index (χ3v) is 7.67. The normalized spacial score (nSPS) is 27.6. The van der Waals surface area contributed by atoms with Gasteiger partial charge in [0, 0.05) is 44.1 Å². The molecule has 1 aliphatic carbocycles. The molecular formula is C27H29N3O4. The van der Waals surface area contributed by atoms with Crippen molar-refractivity contribution in [1.29, 1.82) is 5.26 Å². The number of nitriles is 1. The number of nitrogens with one attached hydrogen (secondary N) is 1. The molecule has 0 radical (unpaired) electrons. The van der Waals surface area contributed by atoms with Crippen LogP contribution in [-0.2, 0) is 31.0 Å². The fourth-order valence-corrected chi connectivity index (χ4v) is 6.34. The molecule has 7 heteroatoms. The summed E-state index contributed by atoms with van der Waals surface area (Å²) in [5.41, 5.74) is 4.08. The summed E-state index contributed by atoms with van der Waals surface area (Å²) in [6.07, 6.45) is 0.573. The molecule has 2 aromatic rings. The van der Waals surface area contributed by atoms with Gasteiger partial charge in [0.25, 0.3) is 0 Å². The van der Waals surface area contributed by atoms with Gasteiger partial charge in [-0.1, -0.05) is 48.5 Å². The molecule has 2 aliphatic heterocycles. The quantitative estimate of drug-likeness (QED) is 0.522. The van der Waals surface area contributed by atoms with Crippen molar-refractivity contribution in [3.8, 4) is 6.07 Å². The summed E-state index contributed by atoms with van der Waals surface area (Å²) in [6.45, 7) is 0.645. The molecule has 4 atom stereocenters. The van der Waals surface area contributed by atoms with E-state index in [1.807, 2.05) is 36.4 Å². The number of esters is 1. The average Bonchev–Trinajstić information content (AvgIpc) is 3.37. The molecule has 5 rings (SSSR count). The third-order valence-electron chi connectivity index (χ3n) is 7.67. The highest BCUT2D eigenvalue weighted by Crippen LogP contribution is 2.60. The Bertz CT molecular complexity index is 1150. The monoisotopic (exact) mass is 459 g/mol. The number of methoxy groups -OCH3 is 3. The predicted octanol–water partition coefficient (Wildman–Crippen LogP) is 3.58. The molecule has 1 fully saturated rings. The Kier molecular flexibility index (Phi) is 5.90. The third kappa shape index (κ3) is 3.25. The number of hydrogen-bond donors (Lipinski definition) is 1. The van der Waals surface area contributed by atoms with E-state index in [1.54, 1.807) is 14.2 Å². The van der Waals surface area contributed by atoms with Gasteiger partial charge in [0.15, 0.2) is 6.29 Å². The number of fused-ring (bicyclic) bond motifs is 1. The second-order valence-electron chi connectivity index (χ2n) is 9.13. The van der Waals surface area contributed by atoms with Crippen LogP contribution in [0.2, 0.25) is 0 Å². The number of hydrogen-bond acceptors (Lipinski definition) is 7. The van der Waals surface area contributed by atoms with Crippen LogP contribution < -0.4 is 5.32 Å². The molecule has 0 aromatic heterocycles. The minimum Gasteiger partial charge on any atom is -0.466 e. The first-order valence-corrected chi connectivity index (χ1v) is 11.5. The lowest BCUT2D eigenvalue weighted by Crippen LogP contribution is -2.51. The molecule has 2 aromatic carbocycles. The second kappa shape index (κ2) is 8.88. The molecule has 0 saturated carbocycles. The Morgan fingerprint density at radius 2 is 1.85 bits per heavy atom. The van der Waals surface area contributed by atoms with Crippen LogP contribution >= 0.6 is 0 Å². The van der Waals surface area contributed by atoms with Gasteiger partial charge in [-0.3, -0.25) is 4.90 Å². The molecule has 1 N–H and O–H groups in total. The summed E-state index contributed by atoms with van der Waals surface area (Å²) in [6, 6.07) is 20.6. The van der Waals surface area contributed by atoms with Gasteiger partial charge in [-0.25, -0.2) is 4.79 Å². The summed E-state index contributed by atoms with van der Waals surface area (Å²) in [5.74, 6) is -0.750. The highest BCUT2D eigenvalue weighted by atomic mass is 16.7. The fraction of sp³-hybridized carbons (Fsp3) is 0.407. The van der Waals surface area contributed by atoms with Gasteiger partial charge in [-0.15, -0.1) is 0 Å². The zero-order valence-electron chi connectivity index (χ0n) is 19.7. The number of para-hydroxylation sites is 1. The summed E-state index contributed by atoms with van der Waals surface area (Å²) in [7, 11) is 4.57. The van der Waals surface area contributed by atoms with E-state index < -0.39 is 17.7 Å². The predicted molar refractivity (Wildman–Crippen MR) is 126 cm³/mol. The second-order valence-corrected chi connectivity index (χ2v) is 9.13. The Labute approximate surface area is 199 Å². The van der Waals surface area contributed by atoms with Gasteiger partial charge >= 0.3 is 5.97 Å².